The average Bonchev–Trinajstić information content (AvgIpc) is 3.02. The van der Waals surface area contributed by atoms with Crippen LogP contribution in [0.1, 0.15) is 39.5 Å². The number of nitrogens with zero attached hydrogens (tertiary/aromatic N) is 1. The zero-order chi connectivity index (χ0) is 15.3. The van der Waals surface area contributed by atoms with Crippen LogP contribution in [0.2, 0.25) is 0 Å². The zero-order valence-corrected chi connectivity index (χ0v) is 13.1. The van der Waals surface area contributed by atoms with Crippen LogP contribution in [0.15, 0.2) is 0 Å². The summed E-state index contributed by atoms with van der Waals surface area (Å²) >= 11 is 0. The molecule has 2 unspecified atom stereocenters. The standard InChI is InChI=1S/C15H27N3O3/c1-3-7-16-13(19)12-11-21-10-9-18(12)14(20)15(4-2)6-5-8-17-15/h12,17H,3-11H2,1-2H3,(H,16,19). The lowest BCUT2D eigenvalue weighted by molar-refractivity contribution is -0.153. The van der Waals surface area contributed by atoms with E-state index >= 15 is 0 Å². The Bertz CT molecular complexity index is 380. The second-order valence-corrected chi connectivity index (χ2v) is 5.85. The van der Waals surface area contributed by atoms with E-state index in [1.165, 1.54) is 0 Å². The van der Waals surface area contributed by atoms with Crippen LogP contribution in [-0.2, 0) is 14.3 Å². The summed E-state index contributed by atoms with van der Waals surface area (Å²) in [4.78, 5) is 27.0. The molecule has 0 radical (unpaired) electrons. The first-order valence-corrected chi connectivity index (χ1v) is 8.06. The SMILES string of the molecule is CCCNC(=O)C1COCCN1C(=O)C1(CC)CCCN1. The van der Waals surface area contributed by atoms with Gasteiger partial charge in [0.1, 0.15) is 6.04 Å². The van der Waals surface area contributed by atoms with Crippen molar-refractivity contribution in [3.05, 3.63) is 0 Å². The summed E-state index contributed by atoms with van der Waals surface area (Å²) in [6, 6.07) is -0.497. The monoisotopic (exact) mass is 297 g/mol. The van der Waals surface area contributed by atoms with Crippen molar-refractivity contribution in [2.45, 2.75) is 51.1 Å². The molecule has 2 aliphatic rings. The van der Waals surface area contributed by atoms with Gasteiger partial charge in [-0.25, -0.2) is 0 Å². The normalized spacial score (nSPS) is 29.4. The highest BCUT2D eigenvalue weighted by Crippen LogP contribution is 2.27. The largest absolute Gasteiger partial charge is 0.377 e. The summed E-state index contributed by atoms with van der Waals surface area (Å²) in [5, 5.41) is 6.23. The fourth-order valence-corrected chi connectivity index (χ4v) is 3.15. The average molecular weight is 297 g/mol. The summed E-state index contributed by atoms with van der Waals surface area (Å²) < 4.78 is 5.42. The Hall–Kier alpha value is -1.14. The van der Waals surface area contributed by atoms with Gasteiger partial charge in [-0.2, -0.15) is 0 Å². The molecule has 0 spiro atoms. The number of hydrogen-bond donors (Lipinski definition) is 2. The second kappa shape index (κ2) is 7.22. The van der Waals surface area contributed by atoms with E-state index in [2.05, 4.69) is 10.6 Å². The van der Waals surface area contributed by atoms with Gasteiger partial charge in [-0.15, -0.1) is 0 Å². The van der Waals surface area contributed by atoms with Crippen molar-refractivity contribution in [1.82, 2.24) is 15.5 Å². The minimum atomic E-state index is -0.497. The van der Waals surface area contributed by atoms with Crippen molar-refractivity contribution < 1.29 is 14.3 Å². The molecule has 2 atom stereocenters. The van der Waals surface area contributed by atoms with Gasteiger partial charge >= 0.3 is 0 Å². The Labute approximate surface area is 126 Å². The van der Waals surface area contributed by atoms with E-state index in [1.807, 2.05) is 13.8 Å². The number of nitrogens with one attached hydrogen (secondary N) is 2. The van der Waals surface area contributed by atoms with E-state index in [0.29, 0.717) is 26.3 Å². The van der Waals surface area contributed by atoms with E-state index in [0.717, 1.165) is 32.2 Å². The van der Waals surface area contributed by atoms with Gasteiger partial charge in [0.05, 0.1) is 18.8 Å². The number of morpholine rings is 1. The van der Waals surface area contributed by atoms with Crippen LogP contribution < -0.4 is 10.6 Å². The molecule has 2 amide bonds. The quantitative estimate of drug-likeness (QED) is 0.764. The van der Waals surface area contributed by atoms with Crippen molar-refractivity contribution in [1.29, 1.82) is 0 Å². The van der Waals surface area contributed by atoms with E-state index in [-0.39, 0.29) is 11.8 Å². The smallest absolute Gasteiger partial charge is 0.245 e. The highest BCUT2D eigenvalue weighted by atomic mass is 16.5. The van der Waals surface area contributed by atoms with Gasteiger partial charge < -0.3 is 20.3 Å². The molecule has 21 heavy (non-hydrogen) atoms. The molecule has 0 saturated carbocycles. The van der Waals surface area contributed by atoms with Crippen molar-refractivity contribution >= 4 is 11.8 Å². The third-order valence-corrected chi connectivity index (χ3v) is 4.50. The predicted molar refractivity (Wildman–Crippen MR) is 79.9 cm³/mol. The Kier molecular flexibility index (Phi) is 5.58. The fourth-order valence-electron chi connectivity index (χ4n) is 3.15. The van der Waals surface area contributed by atoms with Crippen LogP contribution in [-0.4, -0.2) is 61.1 Å². The minimum absolute atomic E-state index is 0.0578. The molecule has 0 aromatic heterocycles. The van der Waals surface area contributed by atoms with Crippen molar-refractivity contribution in [2.75, 3.05) is 32.8 Å². The number of carbonyl (C=O) groups excluding carboxylic acids is 2. The highest BCUT2D eigenvalue weighted by Gasteiger charge is 2.45. The fraction of sp³-hybridized carbons (Fsp3) is 0.867. The number of amides is 2. The van der Waals surface area contributed by atoms with E-state index < -0.39 is 11.6 Å². The zero-order valence-electron chi connectivity index (χ0n) is 13.1. The van der Waals surface area contributed by atoms with Crippen LogP contribution in [0, 0.1) is 0 Å². The van der Waals surface area contributed by atoms with Crippen LogP contribution in [0.25, 0.3) is 0 Å². The first-order chi connectivity index (χ1) is 10.1. The molecule has 0 aliphatic carbocycles. The van der Waals surface area contributed by atoms with Crippen LogP contribution >= 0.6 is 0 Å². The first-order valence-electron chi connectivity index (χ1n) is 8.06. The molecule has 2 fully saturated rings. The third-order valence-electron chi connectivity index (χ3n) is 4.50. The molecular formula is C15H27N3O3. The summed E-state index contributed by atoms with van der Waals surface area (Å²) in [6.45, 7) is 6.83. The van der Waals surface area contributed by atoms with Gasteiger partial charge in [0.25, 0.3) is 0 Å². The summed E-state index contributed by atoms with van der Waals surface area (Å²) in [7, 11) is 0. The maximum Gasteiger partial charge on any atom is 0.245 e. The Morgan fingerprint density at radius 3 is 2.86 bits per heavy atom. The molecule has 2 heterocycles. The number of rotatable bonds is 5. The molecular weight excluding hydrogens is 270 g/mol. The first kappa shape index (κ1) is 16.2. The number of ether oxygens (including phenoxy) is 1. The summed E-state index contributed by atoms with van der Waals surface area (Å²) in [5.74, 6) is -0.0448. The minimum Gasteiger partial charge on any atom is -0.377 e. The lowest BCUT2D eigenvalue weighted by atomic mass is 9.91. The maximum absolute atomic E-state index is 13.0. The van der Waals surface area contributed by atoms with Gasteiger partial charge in [0.15, 0.2) is 0 Å². The number of carbonyl (C=O) groups is 2. The molecule has 0 bridgehead atoms. The van der Waals surface area contributed by atoms with Crippen LogP contribution in [0.4, 0.5) is 0 Å². The topological polar surface area (TPSA) is 70.7 Å². The van der Waals surface area contributed by atoms with E-state index in [4.69, 9.17) is 4.74 Å². The van der Waals surface area contributed by atoms with Gasteiger partial charge in [-0.1, -0.05) is 13.8 Å². The Morgan fingerprint density at radius 2 is 2.24 bits per heavy atom. The summed E-state index contributed by atoms with van der Waals surface area (Å²) in [5.41, 5.74) is -0.485. The van der Waals surface area contributed by atoms with E-state index in [1.54, 1.807) is 4.90 Å². The van der Waals surface area contributed by atoms with Crippen LogP contribution in [0.5, 0.6) is 0 Å². The molecule has 120 valence electrons. The number of hydrogen-bond acceptors (Lipinski definition) is 4. The van der Waals surface area contributed by atoms with E-state index in [9.17, 15) is 9.59 Å². The van der Waals surface area contributed by atoms with Gasteiger partial charge in [-0.05, 0) is 32.2 Å². The lowest BCUT2D eigenvalue weighted by Crippen LogP contribution is -2.63. The lowest BCUT2D eigenvalue weighted by Gasteiger charge is -2.40. The highest BCUT2D eigenvalue weighted by molar-refractivity contribution is 5.92. The van der Waals surface area contributed by atoms with Crippen molar-refractivity contribution in [3.63, 3.8) is 0 Å². The van der Waals surface area contributed by atoms with Gasteiger partial charge in [0, 0.05) is 13.1 Å². The van der Waals surface area contributed by atoms with Crippen molar-refractivity contribution in [2.24, 2.45) is 0 Å². The molecule has 2 saturated heterocycles. The molecule has 0 aromatic carbocycles. The Morgan fingerprint density at radius 1 is 1.43 bits per heavy atom. The van der Waals surface area contributed by atoms with Crippen LogP contribution in [0.3, 0.4) is 0 Å². The summed E-state index contributed by atoms with van der Waals surface area (Å²) in [6.07, 6.45) is 3.50. The molecule has 0 aromatic rings. The molecule has 6 nitrogen and oxygen atoms in total. The Balaban J connectivity index is 2.10. The van der Waals surface area contributed by atoms with Gasteiger partial charge in [0.2, 0.25) is 11.8 Å². The molecule has 2 N–H and O–H groups in total. The maximum atomic E-state index is 13.0. The molecule has 2 aliphatic heterocycles. The van der Waals surface area contributed by atoms with Crippen molar-refractivity contribution in [3.8, 4) is 0 Å². The third kappa shape index (κ3) is 3.37. The van der Waals surface area contributed by atoms with Gasteiger partial charge in [-0.3, -0.25) is 9.59 Å². The second-order valence-electron chi connectivity index (χ2n) is 5.85. The molecule has 2 rings (SSSR count). The predicted octanol–water partition coefficient (Wildman–Crippen LogP) is 0.272. The molecule has 6 heteroatoms.